The number of carbonyl (C=O) groups excluding carboxylic acids is 1. The predicted molar refractivity (Wildman–Crippen MR) is 72.5 cm³/mol. The second-order valence-electron chi connectivity index (χ2n) is 5.11. The fourth-order valence-corrected chi connectivity index (χ4v) is 1.90. The summed E-state index contributed by atoms with van der Waals surface area (Å²) in [4.78, 5) is 21.9. The third-order valence-electron chi connectivity index (χ3n) is 3.25. The highest BCUT2D eigenvalue weighted by atomic mass is 16.4. The number of hydrogen-bond donors (Lipinski definition) is 4. The lowest BCUT2D eigenvalue weighted by Gasteiger charge is -2.19. The van der Waals surface area contributed by atoms with E-state index in [4.69, 9.17) is 15.9 Å². The molecule has 2 unspecified atom stereocenters. The van der Waals surface area contributed by atoms with E-state index in [9.17, 15) is 9.59 Å². The van der Waals surface area contributed by atoms with E-state index < -0.39 is 12.1 Å². The largest absolute Gasteiger partial charge is 0.479 e. The van der Waals surface area contributed by atoms with Gasteiger partial charge in [0.2, 0.25) is 5.91 Å². The molecule has 0 saturated heterocycles. The first-order valence-corrected chi connectivity index (χ1v) is 6.76. The van der Waals surface area contributed by atoms with Crippen molar-refractivity contribution in [3.05, 3.63) is 0 Å². The van der Waals surface area contributed by atoms with Gasteiger partial charge in [0.05, 0.1) is 0 Å². The molecule has 0 saturated carbocycles. The molecule has 0 rings (SSSR count). The van der Waals surface area contributed by atoms with Crippen molar-refractivity contribution in [1.29, 1.82) is 0 Å². The second kappa shape index (κ2) is 9.75. The van der Waals surface area contributed by atoms with Crippen molar-refractivity contribution in [2.45, 2.75) is 45.6 Å². The molecule has 0 fully saturated rings. The standard InChI is InChI=1S/C13H26N2O4/c1-9(2)10(5-7-14)3-4-12(17)15-8-6-11(16)13(18)19/h9-11,16H,3-8,14H2,1-2H3,(H,15,17)(H,18,19). The first-order chi connectivity index (χ1) is 8.88. The number of carboxylic acid groups (broad SMARTS) is 1. The van der Waals surface area contributed by atoms with Crippen LogP contribution in [0.5, 0.6) is 0 Å². The molecule has 6 heteroatoms. The number of aliphatic hydroxyl groups excluding tert-OH is 1. The van der Waals surface area contributed by atoms with Crippen LogP contribution in [0.25, 0.3) is 0 Å². The van der Waals surface area contributed by atoms with Gasteiger partial charge in [-0.25, -0.2) is 4.79 Å². The molecule has 112 valence electrons. The van der Waals surface area contributed by atoms with E-state index in [0.717, 1.165) is 12.8 Å². The molecule has 0 aliphatic rings. The summed E-state index contributed by atoms with van der Waals surface area (Å²) in [6.45, 7) is 5.02. The van der Waals surface area contributed by atoms with Crippen LogP contribution in [-0.2, 0) is 9.59 Å². The molecule has 0 radical (unpaired) electrons. The Kier molecular flexibility index (Phi) is 9.16. The van der Waals surface area contributed by atoms with Crippen LogP contribution in [0.4, 0.5) is 0 Å². The van der Waals surface area contributed by atoms with Crippen molar-refractivity contribution in [3.8, 4) is 0 Å². The summed E-state index contributed by atoms with van der Waals surface area (Å²) in [5, 5.41) is 20.1. The van der Waals surface area contributed by atoms with Gasteiger partial charge in [-0.15, -0.1) is 0 Å². The first kappa shape index (κ1) is 17.9. The fourth-order valence-electron chi connectivity index (χ4n) is 1.90. The molecule has 0 aromatic rings. The van der Waals surface area contributed by atoms with Gasteiger partial charge in [0.15, 0.2) is 6.10 Å². The van der Waals surface area contributed by atoms with Crippen molar-refractivity contribution in [1.82, 2.24) is 5.32 Å². The highest BCUT2D eigenvalue weighted by Gasteiger charge is 2.15. The first-order valence-electron chi connectivity index (χ1n) is 6.76. The summed E-state index contributed by atoms with van der Waals surface area (Å²) in [6.07, 6.45) is 0.704. The van der Waals surface area contributed by atoms with Gasteiger partial charge in [0, 0.05) is 19.4 Å². The third kappa shape index (κ3) is 8.56. The van der Waals surface area contributed by atoms with Gasteiger partial charge in [-0.1, -0.05) is 13.8 Å². The van der Waals surface area contributed by atoms with Gasteiger partial charge >= 0.3 is 5.97 Å². The van der Waals surface area contributed by atoms with E-state index in [-0.39, 0.29) is 18.9 Å². The molecule has 0 aliphatic heterocycles. The van der Waals surface area contributed by atoms with E-state index in [2.05, 4.69) is 19.2 Å². The van der Waals surface area contributed by atoms with Crippen LogP contribution in [-0.4, -0.2) is 41.3 Å². The summed E-state index contributed by atoms with van der Waals surface area (Å²) in [5.74, 6) is -0.456. The van der Waals surface area contributed by atoms with Crippen molar-refractivity contribution in [3.63, 3.8) is 0 Å². The fraction of sp³-hybridized carbons (Fsp3) is 0.846. The van der Waals surface area contributed by atoms with Crippen molar-refractivity contribution in [2.24, 2.45) is 17.6 Å². The Labute approximate surface area is 114 Å². The van der Waals surface area contributed by atoms with Crippen molar-refractivity contribution >= 4 is 11.9 Å². The molecule has 0 spiro atoms. The van der Waals surface area contributed by atoms with E-state index in [1.807, 2.05) is 0 Å². The van der Waals surface area contributed by atoms with Gasteiger partial charge in [-0.3, -0.25) is 4.79 Å². The van der Waals surface area contributed by atoms with Crippen LogP contribution in [0.1, 0.15) is 39.5 Å². The number of nitrogens with one attached hydrogen (secondary N) is 1. The van der Waals surface area contributed by atoms with E-state index in [1.54, 1.807) is 0 Å². The highest BCUT2D eigenvalue weighted by molar-refractivity contribution is 5.76. The number of aliphatic hydroxyl groups is 1. The Bertz CT molecular complexity index is 282. The average molecular weight is 274 g/mol. The second-order valence-corrected chi connectivity index (χ2v) is 5.11. The van der Waals surface area contributed by atoms with Crippen LogP contribution < -0.4 is 11.1 Å². The number of hydrogen-bond acceptors (Lipinski definition) is 4. The van der Waals surface area contributed by atoms with Crippen LogP contribution in [0, 0.1) is 11.8 Å². The minimum atomic E-state index is -1.42. The number of carbonyl (C=O) groups is 2. The molecule has 5 N–H and O–H groups in total. The lowest BCUT2D eigenvalue weighted by atomic mass is 9.88. The summed E-state index contributed by atoms with van der Waals surface area (Å²) < 4.78 is 0. The summed E-state index contributed by atoms with van der Waals surface area (Å²) in [5.41, 5.74) is 5.53. The zero-order valence-electron chi connectivity index (χ0n) is 11.8. The smallest absolute Gasteiger partial charge is 0.332 e. The van der Waals surface area contributed by atoms with Crippen molar-refractivity contribution < 1.29 is 19.8 Å². The average Bonchev–Trinajstić information content (AvgIpc) is 2.33. The number of amides is 1. The molecular formula is C13H26N2O4. The lowest BCUT2D eigenvalue weighted by molar-refractivity contribution is -0.147. The molecule has 0 aromatic heterocycles. The maximum absolute atomic E-state index is 11.6. The Morgan fingerprint density at radius 1 is 1.21 bits per heavy atom. The topological polar surface area (TPSA) is 113 Å². The summed E-state index contributed by atoms with van der Waals surface area (Å²) in [7, 11) is 0. The van der Waals surface area contributed by atoms with Crippen LogP contribution in [0.15, 0.2) is 0 Å². The molecule has 0 heterocycles. The Balaban J connectivity index is 3.82. The van der Waals surface area contributed by atoms with Crippen LogP contribution >= 0.6 is 0 Å². The monoisotopic (exact) mass is 274 g/mol. The summed E-state index contributed by atoms with van der Waals surface area (Å²) in [6, 6.07) is 0. The Morgan fingerprint density at radius 3 is 2.32 bits per heavy atom. The lowest BCUT2D eigenvalue weighted by Crippen LogP contribution is -2.30. The summed E-state index contributed by atoms with van der Waals surface area (Å²) >= 11 is 0. The van der Waals surface area contributed by atoms with Gasteiger partial charge in [-0.2, -0.15) is 0 Å². The minimum Gasteiger partial charge on any atom is -0.479 e. The van der Waals surface area contributed by atoms with E-state index in [0.29, 0.717) is 24.8 Å². The third-order valence-corrected chi connectivity index (χ3v) is 3.25. The maximum Gasteiger partial charge on any atom is 0.332 e. The Morgan fingerprint density at radius 2 is 1.84 bits per heavy atom. The maximum atomic E-state index is 11.6. The number of carboxylic acids is 1. The molecule has 0 aliphatic carbocycles. The van der Waals surface area contributed by atoms with E-state index in [1.165, 1.54) is 0 Å². The van der Waals surface area contributed by atoms with Crippen LogP contribution in [0.2, 0.25) is 0 Å². The van der Waals surface area contributed by atoms with Crippen molar-refractivity contribution in [2.75, 3.05) is 13.1 Å². The SMILES string of the molecule is CC(C)C(CCN)CCC(=O)NCCC(O)C(=O)O. The normalized spacial score (nSPS) is 14.2. The molecule has 0 aromatic carbocycles. The molecule has 6 nitrogen and oxygen atoms in total. The van der Waals surface area contributed by atoms with Gasteiger partial charge < -0.3 is 21.3 Å². The number of nitrogens with two attached hydrogens (primary N) is 1. The molecule has 0 bridgehead atoms. The quantitative estimate of drug-likeness (QED) is 0.459. The van der Waals surface area contributed by atoms with Crippen LogP contribution in [0.3, 0.4) is 0 Å². The molecule has 19 heavy (non-hydrogen) atoms. The minimum absolute atomic E-state index is 0.0253. The molecular weight excluding hydrogens is 248 g/mol. The molecule has 2 atom stereocenters. The van der Waals surface area contributed by atoms with E-state index >= 15 is 0 Å². The Hall–Kier alpha value is -1.14. The van der Waals surface area contributed by atoms with Gasteiger partial charge in [-0.05, 0) is 31.2 Å². The zero-order chi connectivity index (χ0) is 14.8. The number of aliphatic carboxylic acids is 1. The highest BCUT2D eigenvalue weighted by Crippen LogP contribution is 2.20. The number of rotatable bonds is 10. The van der Waals surface area contributed by atoms with Gasteiger partial charge in [0.1, 0.15) is 0 Å². The molecule has 1 amide bonds. The van der Waals surface area contributed by atoms with Gasteiger partial charge in [0.25, 0.3) is 0 Å². The zero-order valence-corrected chi connectivity index (χ0v) is 11.8. The predicted octanol–water partition coefficient (Wildman–Crippen LogP) is 0.339.